The van der Waals surface area contributed by atoms with Crippen molar-refractivity contribution in [3.63, 3.8) is 0 Å². The van der Waals surface area contributed by atoms with Gasteiger partial charge in [-0.1, -0.05) is 18.2 Å². The summed E-state index contributed by atoms with van der Waals surface area (Å²) in [5.41, 5.74) is 2.21. The molecule has 0 bridgehead atoms. The molecule has 1 aliphatic heterocycles. The molecule has 1 aliphatic rings. The van der Waals surface area contributed by atoms with Crippen molar-refractivity contribution in [1.29, 1.82) is 0 Å². The van der Waals surface area contributed by atoms with Crippen molar-refractivity contribution >= 4 is 34.7 Å². The fourth-order valence-corrected chi connectivity index (χ4v) is 2.92. The first-order valence-corrected chi connectivity index (χ1v) is 7.20. The number of nitrogens with zero attached hydrogens (tertiary/aromatic N) is 2. The molecule has 0 saturated heterocycles. The van der Waals surface area contributed by atoms with Crippen LogP contribution >= 0.6 is 11.3 Å². The highest BCUT2D eigenvalue weighted by molar-refractivity contribution is 7.12. The number of hydrazone groups is 1. The summed E-state index contributed by atoms with van der Waals surface area (Å²) in [7, 11) is 0. The molecule has 0 atom stereocenters. The summed E-state index contributed by atoms with van der Waals surface area (Å²) in [6, 6.07) is 13.6. The molecule has 0 fully saturated rings. The van der Waals surface area contributed by atoms with Crippen molar-refractivity contribution in [2.24, 2.45) is 5.10 Å². The molecule has 2 heterocycles. The molecule has 0 spiro atoms. The number of carbonyl (C=O) groups excluding carboxylic acids is 1. The summed E-state index contributed by atoms with van der Waals surface area (Å²) in [4.78, 5) is 14.8. The van der Waals surface area contributed by atoms with Crippen LogP contribution in [-0.2, 0) is 4.79 Å². The number of carbonyl (C=O) groups is 1. The first-order valence-electron chi connectivity index (χ1n) is 6.38. The highest BCUT2D eigenvalue weighted by atomic mass is 32.1. The Bertz CT molecular complexity index is 713. The van der Waals surface area contributed by atoms with Crippen LogP contribution in [-0.4, -0.2) is 11.6 Å². The van der Waals surface area contributed by atoms with E-state index in [1.54, 1.807) is 11.3 Å². The number of rotatable bonds is 2. The van der Waals surface area contributed by atoms with Crippen LogP contribution < -0.4 is 5.01 Å². The maximum atomic E-state index is 12.5. The Kier molecular flexibility index (Phi) is 3.24. The molecule has 0 radical (unpaired) electrons. The number of anilines is 1. The van der Waals surface area contributed by atoms with Gasteiger partial charge >= 0.3 is 0 Å². The third-order valence-electron chi connectivity index (χ3n) is 3.11. The Balaban J connectivity index is 1.95. The molecular formula is C16H14N2OS. The summed E-state index contributed by atoms with van der Waals surface area (Å²) < 4.78 is 0. The fourth-order valence-electron chi connectivity index (χ4n) is 2.10. The minimum atomic E-state index is -0.0697. The van der Waals surface area contributed by atoms with Crippen molar-refractivity contribution in [2.75, 3.05) is 5.01 Å². The molecule has 3 nitrogen and oxygen atoms in total. The maximum Gasteiger partial charge on any atom is 0.280 e. The van der Waals surface area contributed by atoms with Gasteiger partial charge in [-0.25, -0.2) is 0 Å². The second-order valence-electron chi connectivity index (χ2n) is 4.64. The number of hydrogen-bond acceptors (Lipinski definition) is 3. The Hall–Kier alpha value is -2.20. The van der Waals surface area contributed by atoms with Crippen molar-refractivity contribution in [3.8, 4) is 0 Å². The molecule has 3 rings (SSSR count). The van der Waals surface area contributed by atoms with E-state index in [4.69, 9.17) is 0 Å². The van der Waals surface area contributed by atoms with Gasteiger partial charge in [0, 0.05) is 9.75 Å². The van der Waals surface area contributed by atoms with Crippen molar-refractivity contribution in [2.45, 2.75) is 13.8 Å². The highest BCUT2D eigenvalue weighted by Crippen LogP contribution is 2.26. The van der Waals surface area contributed by atoms with E-state index >= 15 is 0 Å². The predicted molar refractivity (Wildman–Crippen MR) is 84.1 cm³/mol. The fraction of sp³-hybridized carbons (Fsp3) is 0.125. The van der Waals surface area contributed by atoms with Crippen LogP contribution in [0.3, 0.4) is 0 Å². The molecule has 4 heteroatoms. The van der Waals surface area contributed by atoms with Crippen LogP contribution in [0, 0.1) is 6.92 Å². The maximum absolute atomic E-state index is 12.5. The summed E-state index contributed by atoms with van der Waals surface area (Å²) in [6.07, 6.45) is 1.92. The van der Waals surface area contributed by atoms with E-state index in [9.17, 15) is 4.79 Å². The molecule has 1 aromatic carbocycles. The topological polar surface area (TPSA) is 32.7 Å². The SMILES string of the molecule is CC1=NN(c2ccccc2)C(=O)/C1=C/c1ccc(C)s1. The second kappa shape index (κ2) is 5.06. The van der Waals surface area contributed by atoms with Crippen LogP contribution in [0.5, 0.6) is 0 Å². The summed E-state index contributed by atoms with van der Waals surface area (Å²) in [5.74, 6) is -0.0697. The lowest BCUT2D eigenvalue weighted by atomic mass is 10.1. The van der Waals surface area contributed by atoms with E-state index < -0.39 is 0 Å². The lowest BCUT2D eigenvalue weighted by molar-refractivity contribution is -0.114. The van der Waals surface area contributed by atoms with Crippen LogP contribution in [0.1, 0.15) is 16.7 Å². The summed E-state index contributed by atoms with van der Waals surface area (Å²) in [6.45, 7) is 3.92. The van der Waals surface area contributed by atoms with Gasteiger partial charge in [0.15, 0.2) is 0 Å². The predicted octanol–water partition coefficient (Wildman–Crippen LogP) is 3.86. The standard InChI is InChI=1S/C16H14N2OS/c1-11-8-9-14(20-11)10-15-12(2)17-18(16(15)19)13-6-4-3-5-7-13/h3-10H,1-2H3/b15-10+. The van der Waals surface area contributed by atoms with Gasteiger partial charge in [0.05, 0.1) is 17.0 Å². The Morgan fingerprint density at radius 1 is 1.10 bits per heavy atom. The molecule has 2 aromatic rings. The summed E-state index contributed by atoms with van der Waals surface area (Å²) >= 11 is 1.67. The van der Waals surface area contributed by atoms with E-state index in [0.717, 1.165) is 16.3 Å². The van der Waals surface area contributed by atoms with Crippen LogP contribution in [0.25, 0.3) is 6.08 Å². The van der Waals surface area contributed by atoms with Gasteiger partial charge in [-0.2, -0.15) is 10.1 Å². The van der Waals surface area contributed by atoms with E-state index in [1.807, 2.05) is 49.4 Å². The highest BCUT2D eigenvalue weighted by Gasteiger charge is 2.28. The van der Waals surface area contributed by atoms with Gasteiger partial charge in [0.1, 0.15) is 0 Å². The lowest BCUT2D eigenvalue weighted by Crippen LogP contribution is -2.21. The quantitative estimate of drug-likeness (QED) is 0.770. The first kappa shape index (κ1) is 12.8. The first-order chi connectivity index (χ1) is 9.65. The Morgan fingerprint density at radius 2 is 1.85 bits per heavy atom. The molecule has 0 unspecified atom stereocenters. The Morgan fingerprint density at radius 3 is 2.50 bits per heavy atom. The zero-order valence-corrected chi connectivity index (χ0v) is 12.1. The number of benzene rings is 1. The van der Waals surface area contributed by atoms with Gasteiger partial charge in [-0.15, -0.1) is 11.3 Å². The molecule has 1 amide bonds. The van der Waals surface area contributed by atoms with Crippen molar-refractivity contribution in [1.82, 2.24) is 0 Å². The van der Waals surface area contributed by atoms with Gasteiger partial charge < -0.3 is 0 Å². The number of thiophene rings is 1. The summed E-state index contributed by atoms with van der Waals surface area (Å²) in [5, 5.41) is 5.82. The third-order valence-corrected chi connectivity index (χ3v) is 4.06. The molecule has 1 aromatic heterocycles. The molecular weight excluding hydrogens is 268 g/mol. The lowest BCUT2D eigenvalue weighted by Gasteiger charge is -2.10. The smallest absolute Gasteiger partial charge is 0.267 e. The number of amides is 1. The average molecular weight is 282 g/mol. The number of para-hydroxylation sites is 1. The second-order valence-corrected chi connectivity index (χ2v) is 5.96. The van der Waals surface area contributed by atoms with Crippen molar-refractivity contribution in [3.05, 3.63) is 57.8 Å². The molecule has 0 saturated carbocycles. The largest absolute Gasteiger partial charge is 0.280 e. The molecule has 20 heavy (non-hydrogen) atoms. The average Bonchev–Trinajstić information content (AvgIpc) is 2.98. The van der Waals surface area contributed by atoms with Crippen LogP contribution in [0.2, 0.25) is 0 Å². The van der Waals surface area contributed by atoms with E-state index in [2.05, 4.69) is 18.1 Å². The number of hydrogen-bond donors (Lipinski definition) is 0. The van der Waals surface area contributed by atoms with Gasteiger partial charge in [0.2, 0.25) is 0 Å². The molecule has 0 N–H and O–H groups in total. The van der Waals surface area contributed by atoms with Crippen molar-refractivity contribution < 1.29 is 4.79 Å². The van der Waals surface area contributed by atoms with Gasteiger partial charge in [-0.05, 0) is 44.2 Å². The minimum Gasteiger partial charge on any atom is -0.267 e. The Labute approximate surface area is 121 Å². The molecule has 0 aliphatic carbocycles. The monoisotopic (exact) mass is 282 g/mol. The molecule has 100 valence electrons. The normalized spacial score (nSPS) is 16.9. The van der Waals surface area contributed by atoms with E-state index in [0.29, 0.717) is 5.57 Å². The van der Waals surface area contributed by atoms with Crippen LogP contribution in [0.4, 0.5) is 5.69 Å². The van der Waals surface area contributed by atoms with E-state index in [1.165, 1.54) is 9.89 Å². The van der Waals surface area contributed by atoms with Gasteiger partial charge in [0.25, 0.3) is 5.91 Å². The zero-order chi connectivity index (χ0) is 14.1. The van der Waals surface area contributed by atoms with Crippen LogP contribution in [0.15, 0.2) is 53.1 Å². The number of aryl methyl sites for hydroxylation is 1. The van der Waals surface area contributed by atoms with Gasteiger partial charge in [-0.3, -0.25) is 4.79 Å². The minimum absolute atomic E-state index is 0.0697. The zero-order valence-electron chi connectivity index (χ0n) is 11.3. The third kappa shape index (κ3) is 2.30. The van der Waals surface area contributed by atoms with E-state index in [-0.39, 0.29) is 5.91 Å².